The van der Waals surface area contributed by atoms with Crippen molar-refractivity contribution in [3.05, 3.63) is 76.4 Å². The zero-order valence-electron chi connectivity index (χ0n) is 16.3. The van der Waals surface area contributed by atoms with Gasteiger partial charge in [-0.1, -0.05) is 37.3 Å². The van der Waals surface area contributed by atoms with E-state index < -0.39 is 0 Å². The van der Waals surface area contributed by atoms with Gasteiger partial charge in [0.05, 0.1) is 12.1 Å². The van der Waals surface area contributed by atoms with Gasteiger partial charge in [-0.05, 0) is 49.1 Å². The average molecular weight is 390 g/mol. The first kappa shape index (κ1) is 18.4. The molecule has 0 radical (unpaired) electrons. The van der Waals surface area contributed by atoms with E-state index in [1.807, 2.05) is 42.0 Å². The van der Waals surface area contributed by atoms with E-state index in [4.69, 9.17) is 4.98 Å². The minimum Gasteiger partial charge on any atom is -0.326 e. The lowest BCUT2D eigenvalue weighted by Crippen LogP contribution is -2.15. The highest BCUT2D eigenvalue weighted by atomic mass is 32.1. The van der Waals surface area contributed by atoms with Gasteiger partial charge in [-0.25, -0.2) is 4.98 Å². The summed E-state index contributed by atoms with van der Waals surface area (Å²) in [5.74, 6) is -0.0211. The van der Waals surface area contributed by atoms with Gasteiger partial charge in [-0.15, -0.1) is 11.3 Å². The van der Waals surface area contributed by atoms with E-state index in [0.29, 0.717) is 6.42 Å². The van der Waals surface area contributed by atoms with Crippen LogP contribution in [0.15, 0.2) is 54.0 Å². The number of imidazole rings is 1. The number of fused-ring (bicyclic) bond motifs is 1. The van der Waals surface area contributed by atoms with Crippen molar-refractivity contribution in [2.75, 3.05) is 5.32 Å². The summed E-state index contributed by atoms with van der Waals surface area (Å²) in [4.78, 5) is 18.2. The van der Waals surface area contributed by atoms with Crippen LogP contribution in [-0.2, 0) is 17.6 Å². The Labute approximate surface area is 168 Å². The number of nitrogens with zero attached hydrogens (tertiary/aromatic N) is 2. The predicted molar refractivity (Wildman–Crippen MR) is 116 cm³/mol. The molecule has 4 nitrogen and oxygen atoms in total. The molecule has 0 saturated heterocycles. The topological polar surface area (TPSA) is 46.4 Å². The number of anilines is 1. The molecule has 2 aromatic heterocycles. The molecule has 0 spiro atoms. The van der Waals surface area contributed by atoms with Crippen molar-refractivity contribution in [1.82, 2.24) is 9.38 Å². The van der Waals surface area contributed by atoms with Crippen molar-refractivity contribution >= 4 is 27.9 Å². The number of aromatic nitrogens is 2. The zero-order valence-corrected chi connectivity index (χ0v) is 17.1. The summed E-state index contributed by atoms with van der Waals surface area (Å²) in [5.41, 5.74) is 7.42. The number of thiazole rings is 1. The van der Waals surface area contributed by atoms with Crippen LogP contribution >= 0.6 is 11.3 Å². The Morgan fingerprint density at radius 1 is 1.11 bits per heavy atom. The van der Waals surface area contributed by atoms with Crippen molar-refractivity contribution in [3.63, 3.8) is 0 Å². The Balaban J connectivity index is 1.54. The van der Waals surface area contributed by atoms with E-state index in [2.05, 4.69) is 42.6 Å². The zero-order chi connectivity index (χ0) is 19.7. The van der Waals surface area contributed by atoms with Gasteiger partial charge in [-0.3, -0.25) is 9.20 Å². The number of aryl methyl sites for hydroxylation is 3. The van der Waals surface area contributed by atoms with Crippen LogP contribution in [0.4, 0.5) is 5.69 Å². The summed E-state index contributed by atoms with van der Waals surface area (Å²) >= 11 is 1.56. The SMILES string of the molecule is CCc1ccc(-c2cn3c(CC(=O)Nc4cc(C)cc(C)c4)csc3n2)cc1. The predicted octanol–water partition coefficient (Wildman–Crippen LogP) is 5.42. The first-order chi connectivity index (χ1) is 13.5. The van der Waals surface area contributed by atoms with E-state index >= 15 is 0 Å². The largest absolute Gasteiger partial charge is 0.326 e. The number of carbonyl (C=O) groups excluding carboxylic acids is 1. The van der Waals surface area contributed by atoms with Crippen molar-refractivity contribution in [3.8, 4) is 11.3 Å². The van der Waals surface area contributed by atoms with Gasteiger partial charge >= 0.3 is 0 Å². The summed E-state index contributed by atoms with van der Waals surface area (Å²) in [6, 6.07) is 14.6. The van der Waals surface area contributed by atoms with Crippen LogP contribution in [0.3, 0.4) is 0 Å². The van der Waals surface area contributed by atoms with Crippen LogP contribution in [0.25, 0.3) is 16.2 Å². The van der Waals surface area contributed by atoms with Crippen LogP contribution in [0, 0.1) is 13.8 Å². The van der Waals surface area contributed by atoms with E-state index in [1.54, 1.807) is 11.3 Å². The maximum atomic E-state index is 12.6. The fraction of sp³-hybridized carbons (Fsp3) is 0.217. The second-order valence-electron chi connectivity index (χ2n) is 7.16. The number of carbonyl (C=O) groups is 1. The first-order valence-corrected chi connectivity index (χ1v) is 10.3. The first-order valence-electron chi connectivity index (χ1n) is 9.45. The normalized spacial score (nSPS) is 11.1. The molecule has 0 unspecified atom stereocenters. The molecule has 2 heterocycles. The van der Waals surface area contributed by atoms with E-state index in [-0.39, 0.29) is 5.91 Å². The Morgan fingerprint density at radius 2 is 1.82 bits per heavy atom. The van der Waals surface area contributed by atoms with Crippen molar-refractivity contribution in [1.29, 1.82) is 0 Å². The minimum absolute atomic E-state index is 0.0211. The molecule has 0 aliphatic rings. The van der Waals surface area contributed by atoms with Crippen molar-refractivity contribution < 1.29 is 4.79 Å². The number of hydrogen-bond donors (Lipinski definition) is 1. The molecule has 0 fully saturated rings. The number of hydrogen-bond acceptors (Lipinski definition) is 3. The monoisotopic (exact) mass is 389 g/mol. The van der Waals surface area contributed by atoms with Gasteiger partial charge in [-0.2, -0.15) is 0 Å². The smallest absolute Gasteiger partial charge is 0.230 e. The van der Waals surface area contributed by atoms with Gasteiger partial charge in [0.2, 0.25) is 5.91 Å². The molecule has 0 aliphatic heterocycles. The van der Waals surface area contributed by atoms with Gasteiger partial charge in [0.1, 0.15) is 0 Å². The highest BCUT2D eigenvalue weighted by Crippen LogP contribution is 2.24. The molecule has 28 heavy (non-hydrogen) atoms. The highest BCUT2D eigenvalue weighted by molar-refractivity contribution is 7.15. The third kappa shape index (κ3) is 3.85. The molecule has 1 N–H and O–H groups in total. The molecule has 4 aromatic rings. The lowest BCUT2D eigenvalue weighted by Gasteiger charge is -2.07. The Bertz CT molecular complexity index is 1120. The highest BCUT2D eigenvalue weighted by Gasteiger charge is 2.13. The minimum atomic E-state index is -0.0211. The molecule has 2 aromatic carbocycles. The molecular weight excluding hydrogens is 366 g/mol. The number of amides is 1. The summed E-state index contributed by atoms with van der Waals surface area (Å²) < 4.78 is 2.02. The van der Waals surface area contributed by atoms with Crippen LogP contribution < -0.4 is 5.32 Å². The van der Waals surface area contributed by atoms with Gasteiger partial charge in [0, 0.05) is 28.5 Å². The summed E-state index contributed by atoms with van der Waals surface area (Å²) in [5, 5.41) is 5.02. The quantitative estimate of drug-likeness (QED) is 0.495. The third-order valence-corrected chi connectivity index (χ3v) is 5.68. The molecule has 0 aliphatic carbocycles. The second kappa shape index (κ2) is 7.60. The Morgan fingerprint density at radius 3 is 2.50 bits per heavy atom. The Kier molecular flexibility index (Phi) is 5.01. The summed E-state index contributed by atoms with van der Waals surface area (Å²) in [6.45, 7) is 6.22. The molecule has 5 heteroatoms. The maximum absolute atomic E-state index is 12.6. The summed E-state index contributed by atoms with van der Waals surface area (Å²) in [6.07, 6.45) is 3.36. The molecule has 0 bridgehead atoms. The van der Waals surface area contributed by atoms with Crippen LogP contribution in [0.5, 0.6) is 0 Å². The van der Waals surface area contributed by atoms with Gasteiger partial charge in [0.25, 0.3) is 0 Å². The Hall–Kier alpha value is -2.92. The lowest BCUT2D eigenvalue weighted by molar-refractivity contribution is -0.115. The third-order valence-electron chi connectivity index (χ3n) is 4.79. The van der Waals surface area contributed by atoms with Gasteiger partial charge < -0.3 is 5.32 Å². The molecule has 1 amide bonds. The molecular formula is C23H23N3OS. The van der Waals surface area contributed by atoms with Crippen molar-refractivity contribution in [2.24, 2.45) is 0 Å². The van der Waals surface area contributed by atoms with E-state index in [9.17, 15) is 4.79 Å². The lowest BCUT2D eigenvalue weighted by atomic mass is 10.1. The van der Waals surface area contributed by atoms with E-state index in [0.717, 1.165) is 45.1 Å². The van der Waals surface area contributed by atoms with E-state index in [1.165, 1.54) is 5.56 Å². The van der Waals surface area contributed by atoms with Gasteiger partial charge in [0.15, 0.2) is 4.96 Å². The second-order valence-corrected chi connectivity index (χ2v) is 7.99. The van der Waals surface area contributed by atoms with Crippen LogP contribution in [0.2, 0.25) is 0 Å². The molecule has 0 saturated carbocycles. The summed E-state index contributed by atoms with van der Waals surface area (Å²) in [7, 11) is 0. The standard InChI is InChI=1S/C23H23N3OS/c1-4-17-5-7-18(8-6-17)21-13-26-20(14-28-23(26)25-21)12-22(27)24-19-10-15(2)9-16(3)11-19/h5-11,13-14H,4,12H2,1-3H3,(H,24,27). The number of nitrogens with one attached hydrogen (secondary N) is 1. The fourth-order valence-corrected chi connectivity index (χ4v) is 4.30. The maximum Gasteiger partial charge on any atom is 0.230 e. The average Bonchev–Trinajstić information content (AvgIpc) is 3.23. The number of benzene rings is 2. The van der Waals surface area contributed by atoms with Crippen LogP contribution in [0.1, 0.15) is 29.3 Å². The molecule has 142 valence electrons. The van der Waals surface area contributed by atoms with Crippen LogP contribution in [-0.4, -0.2) is 15.3 Å². The number of rotatable bonds is 5. The van der Waals surface area contributed by atoms with Crippen molar-refractivity contribution in [2.45, 2.75) is 33.6 Å². The fourth-order valence-electron chi connectivity index (χ4n) is 3.42. The molecule has 0 atom stereocenters. The molecule has 4 rings (SSSR count).